The van der Waals surface area contributed by atoms with Crippen molar-refractivity contribution in [1.29, 1.82) is 0 Å². The van der Waals surface area contributed by atoms with E-state index in [9.17, 15) is 4.79 Å². The van der Waals surface area contributed by atoms with Crippen LogP contribution in [-0.2, 0) is 9.53 Å². The Kier molecular flexibility index (Phi) is 3.51. The van der Waals surface area contributed by atoms with Crippen molar-refractivity contribution in [3.63, 3.8) is 0 Å². The molecule has 2 aliphatic rings. The van der Waals surface area contributed by atoms with Crippen LogP contribution in [0.1, 0.15) is 53.4 Å². The molecule has 1 spiro atoms. The summed E-state index contributed by atoms with van der Waals surface area (Å²) in [7, 11) is 0. The summed E-state index contributed by atoms with van der Waals surface area (Å²) in [5.41, 5.74) is 0.304. The van der Waals surface area contributed by atoms with Crippen molar-refractivity contribution in [3.05, 3.63) is 0 Å². The third-order valence-corrected chi connectivity index (χ3v) is 4.93. The summed E-state index contributed by atoms with van der Waals surface area (Å²) in [5, 5.41) is 0. The molecule has 0 saturated heterocycles. The van der Waals surface area contributed by atoms with Crippen LogP contribution in [0.25, 0.3) is 0 Å². The Hall–Kier alpha value is -0.530. The molecule has 2 unspecified atom stereocenters. The molecule has 0 aromatic carbocycles. The fourth-order valence-electron chi connectivity index (χ4n) is 4.17. The lowest BCUT2D eigenvalue weighted by atomic mass is 9.66. The molecule has 0 N–H and O–H groups in total. The molecule has 4 atom stereocenters. The van der Waals surface area contributed by atoms with Gasteiger partial charge in [0.25, 0.3) is 0 Å². The van der Waals surface area contributed by atoms with Crippen LogP contribution in [0, 0.1) is 29.1 Å². The minimum Gasteiger partial charge on any atom is -0.466 e. The monoisotopic (exact) mass is 238 g/mol. The number of rotatable bonds is 3. The highest BCUT2D eigenvalue weighted by Crippen LogP contribution is 2.67. The standard InChI is InChI=1S/C15H26O2/c1-5-17-14(16)13-9-15(13)8-11(4)6-7-12(15)10(2)3/h10-13H,5-9H2,1-4H3/t11-,12+,13?,15?/m1/s1. The van der Waals surface area contributed by atoms with E-state index < -0.39 is 0 Å². The van der Waals surface area contributed by atoms with Crippen molar-refractivity contribution in [3.8, 4) is 0 Å². The predicted octanol–water partition coefficient (Wildman–Crippen LogP) is 3.65. The summed E-state index contributed by atoms with van der Waals surface area (Å²) in [4.78, 5) is 11.9. The highest BCUT2D eigenvalue weighted by atomic mass is 16.5. The quantitative estimate of drug-likeness (QED) is 0.702. The smallest absolute Gasteiger partial charge is 0.309 e. The van der Waals surface area contributed by atoms with Crippen LogP contribution < -0.4 is 0 Å². The molecular formula is C15H26O2. The summed E-state index contributed by atoms with van der Waals surface area (Å²) in [6, 6.07) is 0. The maximum atomic E-state index is 11.9. The number of hydrogen-bond donors (Lipinski definition) is 0. The van der Waals surface area contributed by atoms with Gasteiger partial charge in [0.15, 0.2) is 0 Å². The second-order valence-electron chi connectivity index (χ2n) is 6.48. The number of esters is 1. The Morgan fingerprint density at radius 3 is 2.65 bits per heavy atom. The lowest BCUT2D eigenvalue weighted by Gasteiger charge is -2.38. The molecule has 0 aliphatic heterocycles. The average molecular weight is 238 g/mol. The zero-order valence-corrected chi connectivity index (χ0v) is 11.7. The molecule has 17 heavy (non-hydrogen) atoms. The largest absolute Gasteiger partial charge is 0.466 e. The molecule has 0 heterocycles. The van der Waals surface area contributed by atoms with E-state index in [1.165, 1.54) is 19.3 Å². The molecule has 2 fully saturated rings. The van der Waals surface area contributed by atoms with Gasteiger partial charge in [-0.05, 0) is 49.4 Å². The van der Waals surface area contributed by atoms with Crippen LogP contribution >= 0.6 is 0 Å². The molecule has 0 aromatic heterocycles. The Morgan fingerprint density at radius 1 is 1.35 bits per heavy atom. The van der Waals surface area contributed by atoms with E-state index in [1.807, 2.05) is 6.92 Å². The second kappa shape index (κ2) is 4.62. The molecule has 0 amide bonds. The minimum absolute atomic E-state index is 0.0623. The van der Waals surface area contributed by atoms with Crippen LogP contribution in [0.3, 0.4) is 0 Å². The van der Waals surface area contributed by atoms with Gasteiger partial charge < -0.3 is 4.74 Å². The molecule has 0 radical (unpaired) electrons. The van der Waals surface area contributed by atoms with Gasteiger partial charge in [0, 0.05) is 0 Å². The van der Waals surface area contributed by atoms with Crippen LogP contribution in [0.2, 0.25) is 0 Å². The highest BCUT2D eigenvalue weighted by molar-refractivity contribution is 5.77. The van der Waals surface area contributed by atoms with Gasteiger partial charge >= 0.3 is 5.97 Å². The number of carbonyl (C=O) groups is 1. The molecule has 2 aliphatic carbocycles. The van der Waals surface area contributed by atoms with Crippen LogP contribution in [0.5, 0.6) is 0 Å². The van der Waals surface area contributed by atoms with Crippen molar-refractivity contribution in [2.45, 2.75) is 53.4 Å². The van der Waals surface area contributed by atoms with E-state index in [0.29, 0.717) is 17.9 Å². The fraction of sp³-hybridized carbons (Fsp3) is 0.933. The van der Waals surface area contributed by atoms with Crippen molar-refractivity contribution >= 4 is 5.97 Å². The summed E-state index contributed by atoms with van der Waals surface area (Å²) in [6.45, 7) is 9.37. The van der Waals surface area contributed by atoms with E-state index in [-0.39, 0.29) is 11.9 Å². The predicted molar refractivity (Wildman–Crippen MR) is 68.5 cm³/mol. The van der Waals surface area contributed by atoms with Gasteiger partial charge in [0.1, 0.15) is 0 Å². The highest BCUT2D eigenvalue weighted by Gasteiger charge is 2.64. The van der Waals surface area contributed by atoms with Crippen molar-refractivity contribution in [1.82, 2.24) is 0 Å². The van der Waals surface area contributed by atoms with Crippen LogP contribution in [0.4, 0.5) is 0 Å². The molecule has 98 valence electrons. The summed E-state index contributed by atoms with van der Waals surface area (Å²) >= 11 is 0. The average Bonchev–Trinajstić information content (AvgIpc) is 2.92. The van der Waals surface area contributed by atoms with Crippen molar-refractivity contribution < 1.29 is 9.53 Å². The molecule has 2 nitrogen and oxygen atoms in total. The van der Waals surface area contributed by atoms with Crippen LogP contribution in [-0.4, -0.2) is 12.6 Å². The molecular weight excluding hydrogens is 212 g/mol. The Balaban J connectivity index is 2.09. The zero-order chi connectivity index (χ0) is 12.6. The Labute approximate surface area is 105 Å². The Bertz CT molecular complexity index is 297. The third kappa shape index (κ3) is 2.23. The molecule has 2 saturated carbocycles. The number of hydrogen-bond acceptors (Lipinski definition) is 2. The van der Waals surface area contributed by atoms with Crippen LogP contribution in [0.15, 0.2) is 0 Å². The normalized spacial score (nSPS) is 40.6. The Morgan fingerprint density at radius 2 is 2.06 bits per heavy atom. The molecule has 0 bridgehead atoms. The topological polar surface area (TPSA) is 26.3 Å². The van der Waals surface area contributed by atoms with Gasteiger partial charge in [-0.15, -0.1) is 0 Å². The fourth-order valence-corrected chi connectivity index (χ4v) is 4.17. The SMILES string of the molecule is CCOC(=O)C1CC12C[C@H](C)CC[C@H]2C(C)C. The van der Waals surface area contributed by atoms with Crippen molar-refractivity contribution in [2.75, 3.05) is 6.61 Å². The first kappa shape index (κ1) is 12.9. The first-order chi connectivity index (χ1) is 8.01. The lowest BCUT2D eigenvalue weighted by Crippen LogP contribution is -2.32. The molecule has 0 aromatic rings. The van der Waals surface area contributed by atoms with Gasteiger partial charge in [-0.25, -0.2) is 0 Å². The summed E-state index contributed by atoms with van der Waals surface area (Å²) < 4.78 is 5.22. The van der Waals surface area contributed by atoms with Gasteiger partial charge in [-0.2, -0.15) is 0 Å². The van der Waals surface area contributed by atoms with E-state index in [4.69, 9.17) is 4.74 Å². The summed E-state index contributed by atoms with van der Waals surface area (Å²) in [6.07, 6.45) is 4.95. The maximum Gasteiger partial charge on any atom is 0.309 e. The maximum absolute atomic E-state index is 11.9. The zero-order valence-electron chi connectivity index (χ0n) is 11.7. The lowest BCUT2D eigenvalue weighted by molar-refractivity contribution is -0.146. The van der Waals surface area contributed by atoms with Gasteiger partial charge in [0.2, 0.25) is 0 Å². The second-order valence-corrected chi connectivity index (χ2v) is 6.48. The van der Waals surface area contributed by atoms with E-state index in [1.54, 1.807) is 0 Å². The number of ether oxygens (including phenoxy) is 1. The van der Waals surface area contributed by atoms with E-state index in [2.05, 4.69) is 20.8 Å². The van der Waals surface area contributed by atoms with E-state index in [0.717, 1.165) is 18.3 Å². The van der Waals surface area contributed by atoms with E-state index >= 15 is 0 Å². The minimum atomic E-state index is 0.0623. The van der Waals surface area contributed by atoms with Gasteiger partial charge in [-0.1, -0.05) is 27.2 Å². The van der Waals surface area contributed by atoms with Gasteiger partial charge in [0.05, 0.1) is 12.5 Å². The summed E-state index contributed by atoms with van der Waals surface area (Å²) in [5.74, 6) is 2.48. The van der Waals surface area contributed by atoms with Crippen molar-refractivity contribution in [2.24, 2.45) is 29.1 Å². The first-order valence-corrected chi connectivity index (χ1v) is 7.18. The number of carbonyl (C=O) groups excluding carboxylic acids is 1. The third-order valence-electron chi connectivity index (χ3n) is 4.93. The first-order valence-electron chi connectivity index (χ1n) is 7.18. The van der Waals surface area contributed by atoms with Gasteiger partial charge in [-0.3, -0.25) is 4.79 Å². The molecule has 2 rings (SSSR count). The molecule has 2 heteroatoms.